The lowest BCUT2D eigenvalue weighted by atomic mass is 10.2. The van der Waals surface area contributed by atoms with Gasteiger partial charge in [-0.25, -0.2) is 4.79 Å². The molecule has 1 aliphatic rings. The molecule has 3 rings (SSSR count). The molecule has 1 fully saturated rings. The van der Waals surface area contributed by atoms with Crippen molar-refractivity contribution in [3.8, 4) is 0 Å². The largest absolute Gasteiger partial charge is 0.323 e. The second-order valence-electron chi connectivity index (χ2n) is 5.97. The predicted molar refractivity (Wildman–Crippen MR) is 113 cm³/mol. The first-order valence-electron chi connectivity index (χ1n) is 8.21. The molecule has 0 unspecified atom stereocenters. The van der Waals surface area contributed by atoms with Crippen molar-refractivity contribution in [3.63, 3.8) is 0 Å². The van der Waals surface area contributed by atoms with Gasteiger partial charge in [-0.1, -0.05) is 40.2 Å². The first-order chi connectivity index (χ1) is 12.1. The minimum atomic E-state index is -0.0935. The number of halogens is 1. The number of nitrogens with one attached hydrogen (secondary N) is 1. The number of benzene rings is 2. The van der Waals surface area contributed by atoms with Crippen LogP contribution in [0, 0.1) is 0 Å². The maximum Gasteiger partial charge on any atom is 0.321 e. The molecule has 2 aromatic rings. The Labute approximate surface area is 166 Å². The Balaban J connectivity index is 1.60. The average Bonchev–Trinajstić information content (AvgIpc) is 2.64. The quantitative estimate of drug-likeness (QED) is 0.639. The Morgan fingerprint density at radius 3 is 2.64 bits per heavy atom. The predicted octanol–water partition coefficient (Wildman–Crippen LogP) is 5.98. The fourth-order valence-corrected chi connectivity index (χ4v) is 5.74. The molecule has 1 heterocycles. The van der Waals surface area contributed by atoms with Crippen LogP contribution in [0.1, 0.15) is 22.1 Å². The third-order valence-corrected chi connectivity index (χ3v) is 7.46. The second kappa shape index (κ2) is 9.01. The number of nitrogens with zero attached hydrogens (tertiary/aromatic N) is 1. The van der Waals surface area contributed by atoms with E-state index >= 15 is 0 Å². The zero-order valence-corrected chi connectivity index (χ0v) is 17.3. The van der Waals surface area contributed by atoms with Gasteiger partial charge in [0, 0.05) is 23.8 Å². The van der Waals surface area contributed by atoms with Crippen LogP contribution in [0.25, 0.3) is 0 Å². The summed E-state index contributed by atoms with van der Waals surface area (Å²) in [6.07, 6.45) is 1.28. The van der Waals surface area contributed by atoms with Crippen LogP contribution in [0.3, 0.4) is 0 Å². The van der Waals surface area contributed by atoms with E-state index in [2.05, 4.69) is 33.4 Å². The van der Waals surface area contributed by atoms with Gasteiger partial charge in [0.15, 0.2) is 0 Å². The molecule has 1 N–H and O–H groups in total. The number of amides is 2. The molecule has 1 saturated heterocycles. The summed E-state index contributed by atoms with van der Waals surface area (Å²) < 4.78 is 1.52. The van der Waals surface area contributed by atoms with Crippen LogP contribution in [-0.2, 0) is 6.54 Å². The van der Waals surface area contributed by atoms with Crippen molar-refractivity contribution in [3.05, 3.63) is 64.1 Å². The molecule has 2 amide bonds. The molecule has 0 aliphatic carbocycles. The number of hydrogen-bond donors (Lipinski definition) is 1. The van der Waals surface area contributed by atoms with Crippen LogP contribution in [0.4, 0.5) is 10.5 Å². The summed E-state index contributed by atoms with van der Waals surface area (Å²) in [5.74, 6) is 2.42. The number of urea groups is 1. The van der Waals surface area contributed by atoms with Gasteiger partial charge < -0.3 is 10.2 Å². The number of thioether (sulfide) groups is 2. The van der Waals surface area contributed by atoms with Gasteiger partial charge in [0.1, 0.15) is 0 Å². The van der Waals surface area contributed by atoms with E-state index in [4.69, 9.17) is 0 Å². The number of anilines is 1. The summed E-state index contributed by atoms with van der Waals surface area (Å²) >= 11 is 7.41. The van der Waals surface area contributed by atoms with Crippen LogP contribution in [0.15, 0.2) is 53.0 Å². The first-order valence-corrected chi connectivity index (χ1v) is 11.1. The summed E-state index contributed by atoms with van der Waals surface area (Å²) in [4.78, 5) is 14.2. The second-order valence-corrected chi connectivity index (χ2v) is 9.61. The van der Waals surface area contributed by atoms with E-state index < -0.39 is 0 Å². The Kier molecular flexibility index (Phi) is 6.73. The van der Waals surface area contributed by atoms with Crippen LogP contribution in [0.2, 0.25) is 0 Å². The zero-order valence-electron chi connectivity index (χ0n) is 14.1. The van der Waals surface area contributed by atoms with Gasteiger partial charge in [-0.2, -0.15) is 0 Å². The van der Waals surface area contributed by atoms with Crippen molar-refractivity contribution in [1.29, 1.82) is 0 Å². The van der Waals surface area contributed by atoms with Crippen LogP contribution < -0.4 is 5.32 Å². The van der Waals surface area contributed by atoms with E-state index in [0.717, 1.165) is 15.7 Å². The van der Waals surface area contributed by atoms with E-state index in [0.29, 0.717) is 11.1 Å². The van der Waals surface area contributed by atoms with Crippen LogP contribution in [-0.4, -0.2) is 29.5 Å². The molecule has 25 heavy (non-hydrogen) atoms. The van der Waals surface area contributed by atoms with Crippen molar-refractivity contribution < 1.29 is 4.79 Å². The molecule has 0 atom stereocenters. The normalized spacial score (nSPS) is 15.0. The van der Waals surface area contributed by atoms with E-state index in [1.807, 2.05) is 67.0 Å². The number of carbonyl (C=O) groups excluding carboxylic acids is 1. The molecular formula is C19H21BrN2OS2. The highest BCUT2D eigenvalue weighted by atomic mass is 79.9. The van der Waals surface area contributed by atoms with E-state index in [-0.39, 0.29) is 6.03 Å². The lowest BCUT2D eigenvalue weighted by Gasteiger charge is -2.22. The summed E-state index contributed by atoms with van der Waals surface area (Å²) in [6.45, 7) is 0.577. The standard InChI is InChI=1S/C19H21BrN2OS2/c1-22(13-14-6-8-16(20)9-7-14)19(23)21-17-5-2-4-15(12-17)18-24-10-3-11-25-18/h2,4-9,12,18H,3,10-11,13H2,1H3,(H,21,23). The molecule has 0 aromatic heterocycles. The molecule has 3 nitrogen and oxygen atoms in total. The van der Waals surface area contributed by atoms with Crippen molar-refractivity contribution in [2.75, 3.05) is 23.9 Å². The lowest BCUT2D eigenvalue weighted by molar-refractivity contribution is 0.220. The first kappa shape index (κ1) is 18.7. The summed E-state index contributed by atoms with van der Waals surface area (Å²) in [5.41, 5.74) is 3.24. The minimum Gasteiger partial charge on any atom is -0.323 e. The molecule has 0 saturated carbocycles. The van der Waals surface area contributed by atoms with Crippen LogP contribution >= 0.6 is 39.5 Å². The van der Waals surface area contributed by atoms with Gasteiger partial charge in [0.05, 0.1) is 4.58 Å². The average molecular weight is 437 g/mol. The smallest absolute Gasteiger partial charge is 0.321 e. The highest BCUT2D eigenvalue weighted by Gasteiger charge is 2.17. The zero-order chi connectivity index (χ0) is 17.6. The monoisotopic (exact) mass is 436 g/mol. The molecule has 132 valence electrons. The van der Waals surface area contributed by atoms with Gasteiger partial charge in [-0.3, -0.25) is 0 Å². The number of rotatable bonds is 4. The van der Waals surface area contributed by atoms with E-state index in [1.165, 1.54) is 23.5 Å². The van der Waals surface area contributed by atoms with Gasteiger partial charge in [0.25, 0.3) is 0 Å². The molecule has 1 aliphatic heterocycles. The van der Waals surface area contributed by atoms with Crippen molar-refractivity contribution in [2.24, 2.45) is 0 Å². The summed E-state index contributed by atoms with van der Waals surface area (Å²) in [7, 11) is 1.81. The van der Waals surface area contributed by atoms with Crippen molar-refractivity contribution >= 4 is 51.2 Å². The molecule has 0 radical (unpaired) electrons. The van der Waals surface area contributed by atoms with Crippen LogP contribution in [0.5, 0.6) is 0 Å². The lowest BCUT2D eigenvalue weighted by Crippen LogP contribution is -2.30. The maximum absolute atomic E-state index is 12.5. The Hall–Kier alpha value is -1.11. The Bertz CT molecular complexity index is 718. The Morgan fingerprint density at radius 2 is 1.92 bits per heavy atom. The van der Waals surface area contributed by atoms with Gasteiger partial charge >= 0.3 is 6.03 Å². The maximum atomic E-state index is 12.5. The summed E-state index contributed by atoms with van der Waals surface area (Å²) in [5, 5.41) is 3.01. The molecule has 0 spiro atoms. The number of hydrogen-bond acceptors (Lipinski definition) is 3. The van der Waals surface area contributed by atoms with Gasteiger partial charge in [0.2, 0.25) is 0 Å². The third-order valence-electron chi connectivity index (χ3n) is 3.92. The SMILES string of the molecule is CN(Cc1ccc(Br)cc1)C(=O)Nc1cccc(C2SCCCS2)c1. The minimum absolute atomic E-state index is 0.0935. The number of carbonyl (C=O) groups is 1. The van der Waals surface area contributed by atoms with Crippen molar-refractivity contribution in [2.45, 2.75) is 17.5 Å². The fraction of sp³-hybridized carbons (Fsp3) is 0.316. The van der Waals surface area contributed by atoms with Gasteiger partial charge in [-0.05, 0) is 53.3 Å². The molecule has 0 bridgehead atoms. The van der Waals surface area contributed by atoms with Gasteiger partial charge in [-0.15, -0.1) is 23.5 Å². The highest BCUT2D eigenvalue weighted by Crippen LogP contribution is 2.44. The highest BCUT2D eigenvalue weighted by molar-refractivity contribution is 9.10. The van der Waals surface area contributed by atoms with Crippen molar-refractivity contribution in [1.82, 2.24) is 4.90 Å². The Morgan fingerprint density at radius 1 is 1.20 bits per heavy atom. The summed E-state index contributed by atoms with van der Waals surface area (Å²) in [6, 6.07) is 16.1. The van der Waals surface area contributed by atoms with E-state index in [1.54, 1.807) is 4.90 Å². The topological polar surface area (TPSA) is 32.3 Å². The molecule has 6 heteroatoms. The molecule has 2 aromatic carbocycles. The molecular weight excluding hydrogens is 416 g/mol. The third kappa shape index (κ3) is 5.43. The fourth-order valence-electron chi connectivity index (χ4n) is 2.60. The van der Waals surface area contributed by atoms with E-state index in [9.17, 15) is 4.79 Å².